The Labute approximate surface area is 127 Å². The van der Waals surface area contributed by atoms with E-state index in [9.17, 15) is 5.11 Å². The molecule has 2 N–H and O–H groups in total. The molecule has 3 rings (SSSR count). The first kappa shape index (κ1) is 13.9. The minimum absolute atomic E-state index is 0.159. The van der Waals surface area contributed by atoms with Gasteiger partial charge in [-0.2, -0.15) is 5.10 Å². The molecule has 0 aliphatic heterocycles. The van der Waals surface area contributed by atoms with Crippen molar-refractivity contribution in [3.8, 4) is 22.9 Å². The standard InChI is InChI=1S/C17H15N3O2/c1-22-13-9-6-12(7-10-13)8-11-16-18-17(20-19-16)14-4-2-3-5-15(14)21/h2-11,21H,1H3,(H,18,19,20)/b11-8+. The minimum Gasteiger partial charge on any atom is -0.507 e. The van der Waals surface area contributed by atoms with Crippen LogP contribution in [-0.2, 0) is 0 Å². The highest BCUT2D eigenvalue weighted by Crippen LogP contribution is 2.25. The number of para-hydroxylation sites is 1. The first-order valence-corrected chi connectivity index (χ1v) is 6.79. The summed E-state index contributed by atoms with van der Waals surface area (Å²) in [5.74, 6) is 2.06. The zero-order valence-electron chi connectivity index (χ0n) is 12.0. The van der Waals surface area contributed by atoms with Crippen molar-refractivity contribution in [3.63, 3.8) is 0 Å². The summed E-state index contributed by atoms with van der Waals surface area (Å²) in [7, 11) is 1.64. The van der Waals surface area contributed by atoms with Gasteiger partial charge in [0.25, 0.3) is 0 Å². The molecule has 0 aliphatic rings. The molecule has 5 nitrogen and oxygen atoms in total. The lowest BCUT2D eigenvalue weighted by Gasteiger charge is -1.98. The molecule has 1 aromatic heterocycles. The Morgan fingerprint density at radius 3 is 2.55 bits per heavy atom. The molecule has 0 bridgehead atoms. The number of hydrogen-bond donors (Lipinski definition) is 2. The summed E-state index contributed by atoms with van der Waals surface area (Å²) in [6, 6.07) is 14.7. The summed E-state index contributed by atoms with van der Waals surface area (Å²) < 4.78 is 5.12. The fourth-order valence-electron chi connectivity index (χ4n) is 2.02. The Morgan fingerprint density at radius 1 is 1.05 bits per heavy atom. The first-order valence-electron chi connectivity index (χ1n) is 6.79. The van der Waals surface area contributed by atoms with Gasteiger partial charge in [0.1, 0.15) is 17.3 Å². The van der Waals surface area contributed by atoms with E-state index in [-0.39, 0.29) is 5.75 Å². The Kier molecular flexibility index (Phi) is 3.87. The van der Waals surface area contributed by atoms with Crippen molar-refractivity contribution < 1.29 is 9.84 Å². The van der Waals surface area contributed by atoms with E-state index in [4.69, 9.17) is 4.74 Å². The second kappa shape index (κ2) is 6.13. The lowest BCUT2D eigenvalue weighted by atomic mass is 10.2. The maximum Gasteiger partial charge on any atom is 0.185 e. The van der Waals surface area contributed by atoms with Gasteiger partial charge in [0.05, 0.1) is 12.7 Å². The van der Waals surface area contributed by atoms with Crippen LogP contribution in [-0.4, -0.2) is 27.4 Å². The van der Waals surface area contributed by atoms with Crippen LogP contribution in [0.2, 0.25) is 0 Å². The number of nitrogens with zero attached hydrogens (tertiary/aromatic N) is 2. The summed E-state index contributed by atoms with van der Waals surface area (Å²) in [5.41, 5.74) is 1.63. The molecule has 3 aromatic rings. The van der Waals surface area contributed by atoms with Crippen LogP contribution >= 0.6 is 0 Å². The smallest absolute Gasteiger partial charge is 0.185 e. The second-order valence-corrected chi connectivity index (χ2v) is 4.67. The third-order valence-corrected chi connectivity index (χ3v) is 3.20. The van der Waals surface area contributed by atoms with Crippen molar-refractivity contribution in [3.05, 3.63) is 59.9 Å². The Bertz CT molecular complexity index is 792. The number of phenolic OH excluding ortho intramolecular Hbond substituents is 1. The van der Waals surface area contributed by atoms with Crippen LogP contribution in [0.4, 0.5) is 0 Å². The van der Waals surface area contributed by atoms with Crippen molar-refractivity contribution >= 4 is 12.2 Å². The molecule has 0 atom stereocenters. The Balaban J connectivity index is 1.79. The van der Waals surface area contributed by atoms with Gasteiger partial charge in [0, 0.05) is 0 Å². The van der Waals surface area contributed by atoms with Gasteiger partial charge in [-0.05, 0) is 35.9 Å². The van der Waals surface area contributed by atoms with E-state index in [1.165, 1.54) is 0 Å². The molecular weight excluding hydrogens is 278 g/mol. The molecular formula is C17H15N3O2. The number of aromatic amines is 1. The zero-order valence-corrected chi connectivity index (χ0v) is 12.0. The van der Waals surface area contributed by atoms with Gasteiger partial charge < -0.3 is 9.84 Å². The quantitative estimate of drug-likeness (QED) is 0.773. The molecule has 0 unspecified atom stereocenters. The van der Waals surface area contributed by atoms with E-state index in [0.29, 0.717) is 17.2 Å². The highest BCUT2D eigenvalue weighted by Gasteiger charge is 2.08. The number of H-pyrrole nitrogens is 1. The molecule has 1 heterocycles. The van der Waals surface area contributed by atoms with E-state index < -0.39 is 0 Å². The molecule has 110 valence electrons. The number of aromatic hydroxyl groups is 1. The number of nitrogens with one attached hydrogen (secondary N) is 1. The lowest BCUT2D eigenvalue weighted by Crippen LogP contribution is -1.82. The van der Waals surface area contributed by atoms with E-state index in [2.05, 4.69) is 15.2 Å². The second-order valence-electron chi connectivity index (χ2n) is 4.67. The minimum atomic E-state index is 0.159. The number of rotatable bonds is 4. The molecule has 0 fully saturated rings. The van der Waals surface area contributed by atoms with Gasteiger partial charge in [-0.1, -0.05) is 30.3 Å². The predicted octanol–water partition coefficient (Wildman–Crippen LogP) is 3.36. The van der Waals surface area contributed by atoms with Crippen LogP contribution in [0.15, 0.2) is 48.5 Å². The first-order chi connectivity index (χ1) is 10.8. The number of phenols is 1. The van der Waals surface area contributed by atoms with Crippen molar-refractivity contribution in [1.82, 2.24) is 15.2 Å². The Morgan fingerprint density at radius 2 is 1.82 bits per heavy atom. The van der Waals surface area contributed by atoms with Crippen LogP contribution in [0.25, 0.3) is 23.5 Å². The van der Waals surface area contributed by atoms with Gasteiger partial charge in [-0.3, -0.25) is 5.10 Å². The number of methoxy groups -OCH3 is 1. The molecule has 0 spiro atoms. The van der Waals surface area contributed by atoms with Crippen molar-refractivity contribution in [1.29, 1.82) is 0 Å². The number of ether oxygens (including phenoxy) is 1. The van der Waals surface area contributed by atoms with Gasteiger partial charge in [0.15, 0.2) is 5.82 Å². The van der Waals surface area contributed by atoms with Crippen LogP contribution in [0.5, 0.6) is 11.5 Å². The van der Waals surface area contributed by atoms with Gasteiger partial charge >= 0.3 is 0 Å². The van der Waals surface area contributed by atoms with Crippen LogP contribution < -0.4 is 4.74 Å². The van der Waals surface area contributed by atoms with Crippen molar-refractivity contribution in [2.75, 3.05) is 7.11 Å². The van der Waals surface area contributed by atoms with Crippen molar-refractivity contribution in [2.24, 2.45) is 0 Å². The topological polar surface area (TPSA) is 71.0 Å². The van der Waals surface area contributed by atoms with E-state index in [0.717, 1.165) is 11.3 Å². The number of aromatic nitrogens is 3. The molecule has 22 heavy (non-hydrogen) atoms. The molecule has 0 saturated heterocycles. The fraction of sp³-hybridized carbons (Fsp3) is 0.0588. The van der Waals surface area contributed by atoms with E-state index in [1.54, 1.807) is 25.3 Å². The molecule has 0 radical (unpaired) electrons. The summed E-state index contributed by atoms with van der Waals surface area (Å²) in [4.78, 5) is 4.35. The van der Waals surface area contributed by atoms with Crippen molar-refractivity contribution in [2.45, 2.75) is 0 Å². The Hall–Kier alpha value is -3.08. The predicted molar refractivity (Wildman–Crippen MR) is 85.4 cm³/mol. The molecule has 0 saturated carbocycles. The maximum absolute atomic E-state index is 9.81. The van der Waals surface area contributed by atoms with Crippen LogP contribution in [0.1, 0.15) is 11.4 Å². The van der Waals surface area contributed by atoms with Crippen LogP contribution in [0, 0.1) is 0 Å². The SMILES string of the molecule is COc1ccc(/C=C/c2nc(-c3ccccc3O)n[nH]2)cc1. The van der Waals surface area contributed by atoms with E-state index in [1.807, 2.05) is 42.5 Å². The summed E-state index contributed by atoms with van der Waals surface area (Å²) in [6.07, 6.45) is 3.76. The van der Waals surface area contributed by atoms with Gasteiger partial charge in [0.2, 0.25) is 0 Å². The highest BCUT2D eigenvalue weighted by molar-refractivity contribution is 5.69. The summed E-state index contributed by atoms with van der Waals surface area (Å²) in [6.45, 7) is 0. The number of benzene rings is 2. The maximum atomic E-state index is 9.81. The highest BCUT2D eigenvalue weighted by atomic mass is 16.5. The third-order valence-electron chi connectivity index (χ3n) is 3.20. The number of hydrogen-bond acceptors (Lipinski definition) is 4. The summed E-state index contributed by atoms with van der Waals surface area (Å²) in [5, 5.41) is 16.8. The average Bonchev–Trinajstić information content (AvgIpc) is 3.02. The molecule has 0 aliphatic carbocycles. The zero-order chi connectivity index (χ0) is 15.4. The monoisotopic (exact) mass is 293 g/mol. The average molecular weight is 293 g/mol. The van der Waals surface area contributed by atoms with E-state index >= 15 is 0 Å². The molecule has 0 amide bonds. The largest absolute Gasteiger partial charge is 0.507 e. The normalized spacial score (nSPS) is 11.0. The van der Waals surface area contributed by atoms with Gasteiger partial charge in [-0.15, -0.1) is 0 Å². The third kappa shape index (κ3) is 2.98. The fourth-order valence-corrected chi connectivity index (χ4v) is 2.02. The van der Waals surface area contributed by atoms with Crippen LogP contribution in [0.3, 0.4) is 0 Å². The summed E-state index contributed by atoms with van der Waals surface area (Å²) >= 11 is 0. The van der Waals surface area contributed by atoms with Gasteiger partial charge in [-0.25, -0.2) is 4.98 Å². The molecule has 2 aromatic carbocycles. The lowest BCUT2D eigenvalue weighted by molar-refractivity contribution is 0.415. The molecule has 5 heteroatoms.